The van der Waals surface area contributed by atoms with Crippen LogP contribution < -0.4 is 9.31 Å². The minimum atomic E-state index is -2.95. The molecule has 1 aliphatic carbocycles. The van der Waals surface area contributed by atoms with Crippen LogP contribution in [0.25, 0.3) is 17.0 Å². The average molecular weight is 658 g/mol. The molecule has 0 aliphatic heterocycles. The van der Waals surface area contributed by atoms with Crippen LogP contribution in [0.4, 0.5) is 65.9 Å². The summed E-state index contributed by atoms with van der Waals surface area (Å²) in [6, 6.07) is 1.92. The van der Waals surface area contributed by atoms with E-state index in [-0.39, 0.29) is 6.07 Å². The molecule has 1 atom stereocenters. The van der Waals surface area contributed by atoms with E-state index in [9.17, 15) is 52.7 Å². The third-order valence-electron chi connectivity index (χ3n) is 6.50. The second-order valence-electron chi connectivity index (χ2n) is 9.05. The highest BCUT2D eigenvalue weighted by molar-refractivity contribution is 6.50. The summed E-state index contributed by atoms with van der Waals surface area (Å²) in [6.07, 6.45) is 0. The number of hydrogen-bond acceptors (Lipinski definition) is 2. The molecule has 5 rings (SSSR count). The molecule has 234 valence electrons. The second-order valence-corrected chi connectivity index (χ2v) is 9.05. The predicted octanol–water partition coefficient (Wildman–Crippen LogP) is 9.05. The molecular weight excluding hydrogens is 652 g/mol. The molecular formula is C27H6BF15O2. The van der Waals surface area contributed by atoms with Gasteiger partial charge < -0.3 is 9.31 Å². The molecule has 45 heavy (non-hydrogen) atoms. The van der Waals surface area contributed by atoms with Gasteiger partial charge in [0.25, 0.3) is 0 Å². The zero-order valence-electron chi connectivity index (χ0n) is 21.0. The van der Waals surface area contributed by atoms with Crippen molar-refractivity contribution in [2.24, 2.45) is 0 Å². The van der Waals surface area contributed by atoms with Crippen LogP contribution in [0, 0.1) is 75.6 Å². The first kappa shape index (κ1) is 31.7. The Morgan fingerprint density at radius 3 is 1.53 bits per heavy atom. The average Bonchev–Trinajstić information content (AvgIpc) is 3.26. The molecule has 0 N–H and O–H groups in total. The fraction of sp³-hybridized carbons (Fsp3) is 0.0370. The molecule has 1 unspecified atom stereocenters. The molecule has 0 spiro atoms. The van der Waals surface area contributed by atoms with Gasteiger partial charge in [-0.15, -0.1) is 0 Å². The van der Waals surface area contributed by atoms with Crippen molar-refractivity contribution < 1.29 is 75.2 Å². The van der Waals surface area contributed by atoms with Crippen LogP contribution in [0.3, 0.4) is 0 Å². The molecule has 0 heterocycles. The highest BCUT2D eigenvalue weighted by Crippen LogP contribution is 2.48. The lowest BCUT2D eigenvalue weighted by molar-refractivity contribution is 0.355. The Bertz CT molecular complexity index is 1920. The van der Waals surface area contributed by atoms with Gasteiger partial charge in [-0.2, -0.15) is 4.39 Å². The lowest BCUT2D eigenvalue weighted by Gasteiger charge is -2.24. The summed E-state index contributed by atoms with van der Waals surface area (Å²) in [5, 5.41) is 0. The molecule has 4 aromatic carbocycles. The predicted molar refractivity (Wildman–Crippen MR) is 123 cm³/mol. The van der Waals surface area contributed by atoms with Crippen LogP contribution in [-0.4, -0.2) is 7.12 Å². The van der Waals surface area contributed by atoms with E-state index in [1.807, 2.05) is 0 Å². The van der Waals surface area contributed by atoms with Crippen molar-refractivity contribution in [3.63, 3.8) is 0 Å². The highest BCUT2D eigenvalue weighted by Gasteiger charge is 2.50. The van der Waals surface area contributed by atoms with Crippen LogP contribution in [0.5, 0.6) is 11.5 Å². The Hall–Kier alpha value is -4.77. The standard InChI is InChI=1S/C27H6BF15O2/c29-8-3-1-6(5-10(8)31)44-28(14-7-2-4-9(30)15(32)11(7)16(33)20(14)37)45-27-13(19(36)23(40)25(42)26(27)43)12-17(34)21(38)24(41)22(39)18(12)35/h1-5,14H. The summed E-state index contributed by atoms with van der Waals surface area (Å²) in [7, 11) is -2.95. The van der Waals surface area contributed by atoms with Gasteiger partial charge in [0.1, 0.15) is 17.4 Å². The summed E-state index contributed by atoms with van der Waals surface area (Å²) in [5.41, 5.74) is -7.16. The van der Waals surface area contributed by atoms with E-state index in [0.29, 0.717) is 24.3 Å². The molecule has 18 heteroatoms. The van der Waals surface area contributed by atoms with Crippen LogP contribution in [0.2, 0.25) is 0 Å². The van der Waals surface area contributed by atoms with E-state index in [0.717, 1.165) is 0 Å². The maximum absolute atomic E-state index is 15.3. The molecule has 4 aromatic rings. The van der Waals surface area contributed by atoms with Gasteiger partial charge in [-0.25, -0.2) is 61.5 Å². The quantitative estimate of drug-likeness (QED) is 0.0892. The summed E-state index contributed by atoms with van der Waals surface area (Å²) < 4.78 is 226. The van der Waals surface area contributed by atoms with Crippen molar-refractivity contribution in [2.45, 2.75) is 5.82 Å². The van der Waals surface area contributed by atoms with Crippen molar-refractivity contribution in [1.82, 2.24) is 0 Å². The van der Waals surface area contributed by atoms with Crippen LogP contribution in [0.1, 0.15) is 16.9 Å². The number of allylic oxidation sites excluding steroid dienone is 1. The van der Waals surface area contributed by atoms with E-state index in [1.54, 1.807) is 0 Å². The topological polar surface area (TPSA) is 18.5 Å². The summed E-state index contributed by atoms with van der Waals surface area (Å²) >= 11 is 0. The van der Waals surface area contributed by atoms with Crippen molar-refractivity contribution in [3.05, 3.63) is 123 Å². The SMILES string of the molecule is FC1=C(F)C(B(Oc2ccc(F)c(F)c2)Oc2c(F)c(F)c(F)c(F)c2-c2c(F)c(F)c(F)c(F)c2F)c2ccc(F)c(F)c21. The molecule has 0 radical (unpaired) electrons. The van der Waals surface area contributed by atoms with Crippen molar-refractivity contribution >= 4 is 12.9 Å². The van der Waals surface area contributed by atoms with Crippen LogP contribution in [0.15, 0.2) is 36.2 Å². The Labute approximate surface area is 240 Å². The molecule has 0 saturated heterocycles. The van der Waals surface area contributed by atoms with E-state index in [2.05, 4.69) is 0 Å². The Kier molecular flexibility index (Phi) is 7.95. The second kappa shape index (κ2) is 11.3. The first-order valence-corrected chi connectivity index (χ1v) is 11.8. The van der Waals surface area contributed by atoms with Gasteiger partial charge in [0, 0.05) is 6.07 Å². The minimum absolute atomic E-state index is 0.192. The smallest absolute Gasteiger partial charge is 0.525 e. The van der Waals surface area contributed by atoms with Gasteiger partial charge in [0.2, 0.25) is 17.5 Å². The van der Waals surface area contributed by atoms with Crippen molar-refractivity contribution in [2.75, 3.05) is 0 Å². The maximum Gasteiger partial charge on any atom is 0.610 e. The van der Waals surface area contributed by atoms with Gasteiger partial charge in [-0.1, -0.05) is 6.07 Å². The number of benzene rings is 4. The number of fused-ring (bicyclic) bond motifs is 1. The largest absolute Gasteiger partial charge is 0.610 e. The van der Waals surface area contributed by atoms with Gasteiger partial charge in [-0.05, 0) is 23.8 Å². The zero-order chi connectivity index (χ0) is 33.2. The first-order chi connectivity index (χ1) is 21.1. The third kappa shape index (κ3) is 4.91. The monoisotopic (exact) mass is 658 g/mol. The van der Waals surface area contributed by atoms with E-state index in [1.165, 1.54) is 0 Å². The summed E-state index contributed by atoms with van der Waals surface area (Å²) in [4.78, 5) is 0. The van der Waals surface area contributed by atoms with Gasteiger partial charge in [0.15, 0.2) is 69.7 Å². The van der Waals surface area contributed by atoms with Gasteiger partial charge in [0.05, 0.1) is 16.7 Å². The molecule has 0 aromatic heterocycles. The number of hydrogen-bond donors (Lipinski definition) is 0. The zero-order valence-corrected chi connectivity index (χ0v) is 21.0. The fourth-order valence-corrected chi connectivity index (χ4v) is 4.44. The highest BCUT2D eigenvalue weighted by atomic mass is 19.2. The maximum atomic E-state index is 15.3. The molecule has 0 amide bonds. The Balaban J connectivity index is 1.80. The van der Waals surface area contributed by atoms with E-state index >= 15 is 13.2 Å². The van der Waals surface area contributed by atoms with Crippen molar-refractivity contribution in [1.29, 1.82) is 0 Å². The fourth-order valence-electron chi connectivity index (χ4n) is 4.44. The molecule has 1 aliphatic rings. The van der Waals surface area contributed by atoms with Crippen LogP contribution >= 0.6 is 0 Å². The lowest BCUT2D eigenvalue weighted by Crippen LogP contribution is -2.38. The Morgan fingerprint density at radius 2 is 0.956 bits per heavy atom. The molecule has 0 bridgehead atoms. The Morgan fingerprint density at radius 1 is 0.444 bits per heavy atom. The summed E-state index contributed by atoms with van der Waals surface area (Å²) in [6.45, 7) is 0. The third-order valence-corrected chi connectivity index (χ3v) is 6.50. The van der Waals surface area contributed by atoms with Crippen molar-refractivity contribution in [3.8, 4) is 22.6 Å². The first-order valence-electron chi connectivity index (χ1n) is 11.8. The lowest BCUT2D eigenvalue weighted by atomic mass is 9.68. The van der Waals surface area contributed by atoms with Gasteiger partial charge in [-0.3, -0.25) is 0 Å². The molecule has 2 nitrogen and oxygen atoms in total. The number of halogens is 15. The van der Waals surface area contributed by atoms with Crippen LogP contribution in [-0.2, 0) is 0 Å². The normalized spacial score (nSPS) is 14.2. The van der Waals surface area contributed by atoms with E-state index in [4.69, 9.17) is 9.31 Å². The summed E-state index contributed by atoms with van der Waals surface area (Å²) in [5.74, 6) is -42.6. The van der Waals surface area contributed by atoms with E-state index < -0.39 is 134 Å². The minimum Gasteiger partial charge on any atom is -0.525 e. The number of rotatable bonds is 6. The molecule has 0 saturated carbocycles. The molecule has 0 fully saturated rings. The van der Waals surface area contributed by atoms with Gasteiger partial charge >= 0.3 is 7.12 Å².